The van der Waals surface area contributed by atoms with Gasteiger partial charge in [0.05, 0.1) is 7.11 Å². The largest absolute Gasteiger partial charge is 0.496 e. The molecule has 0 amide bonds. The number of thioether (sulfide) groups is 1. The van der Waals surface area contributed by atoms with E-state index in [-0.39, 0.29) is 0 Å². The van der Waals surface area contributed by atoms with E-state index in [9.17, 15) is 0 Å². The molecule has 0 radical (unpaired) electrons. The topological polar surface area (TPSA) is 66.0 Å². The normalized spacial score (nSPS) is 10.6. The van der Waals surface area contributed by atoms with Crippen molar-refractivity contribution >= 4 is 27.7 Å². The predicted molar refractivity (Wildman–Crippen MR) is 75.2 cm³/mol. The Balaban J connectivity index is 2.15. The Hall–Kier alpha value is -1.21. The van der Waals surface area contributed by atoms with Crippen LogP contribution in [0.4, 0.5) is 0 Å². The van der Waals surface area contributed by atoms with Crippen LogP contribution in [0.1, 0.15) is 11.4 Å². The van der Waals surface area contributed by atoms with Gasteiger partial charge in [0.15, 0.2) is 0 Å². The molecular weight excluding hydrogens is 316 g/mol. The standard InChI is InChI=1S/C11H13BrN4OS/c1-7-14-15-11(16(7)13)18-6-8-5-9(12)3-4-10(8)17-2/h3-5H,6,13H2,1-2H3. The van der Waals surface area contributed by atoms with Gasteiger partial charge < -0.3 is 10.6 Å². The number of benzene rings is 1. The zero-order valence-electron chi connectivity index (χ0n) is 10.1. The molecule has 0 atom stereocenters. The minimum Gasteiger partial charge on any atom is -0.496 e. The first-order valence-corrected chi connectivity index (χ1v) is 7.02. The maximum Gasteiger partial charge on any atom is 0.210 e. The van der Waals surface area contributed by atoms with Crippen LogP contribution in [0, 0.1) is 6.92 Å². The second-order valence-electron chi connectivity index (χ2n) is 3.64. The van der Waals surface area contributed by atoms with Gasteiger partial charge >= 0.3 is 0 Å². The van der Waals surface area contributed by atoms with Crippen LogP contribution in [0.2, 0.25) is 0 Å². The van der Waals surface area contributed by atoms with Crippen molar-refractivity contribution in [2.45, 2.75) is 17.8 Å². The molecule has 0 spiro atoms. The summed E-state index contributed by atoms with van der Waals surface area (Å²) < 4.78 is 7.82. The lowest BCUT2D eigenvalue weighted by Gasteiger charge is -2.08. The smallest absolute Gasteiger partial charge is 0.210 e. The molecule has 2 rings (SSSR count). The van der Waals surface area contributed by atoms with Gasteiger partial charge in [-0.3, -0.25) is 0 Å². The molecule has 1 aromatic carbocycles. The summed E-state index contributed by atoms with van der Waals surface area (Å²) in [4.78, 5) is 0. The maximum atomic E-state index is 5.80. The Bertz CT molecular complexity index is 558. The molecule has 0 saturated heterocycles. The highest BCUT2D eigenvalue weighted by molar-refractivity contribution is 9.10. The number of rotatable bonds is 4. The van der Waals surface area contributed by atoms with Gasteiger partial charge in [0.2, 0.25) is 5.16 Å². The van der Waals surface area contributed by atoms with Crippen molar-refractivity contribution in [1.29, 1.82) is 0 Å². The number of hydrogen-bond acceptors (Lipinski definition) is 5. The van der Waals surface area contributed by atoms with E-state index in [4.69, 9.17) is 10.6 Å². The average molecular weight is 329 g/mol. The zero-order chi connectivity index (χ0) is 13.1. The summed E-state index contributed by atoms with van der Waals surface area (Å²) in [5, 5.41) is 8.61. The molecule has 18 heavy (non-hydrogen) atoms. The summed E-state index contributed by atoms with van der Waals surface area (Å²) in [5.74, 6) is 8.06. The summed E-state index contributed by atoms with van der Waals surface area (Å²) in [5.41, 5.74) is 1.08. The molecular formula is C11H13BrN4OS. The lowest BCUT2D eigenvalue weighted by Crippen LogP contribution is -2.11. The third-order valence-electron chi connectivity index (χ3n) is 2.43. The molecule has 0 saturated carbocycles. The Morgan fingerprint density at radius 1 is 1.44 bits per heavy atom. The van der Waals surface area contributed by atoms with E-state index in [1.54, 1.807) is 7.11 Å². The highest BCUT2D eigenvalue weighted by Gasteiger charge is 2.09. The second-order valence-corrected chi connectivity index (χ2v) is 5.50. The van der Waals surface area contributed by atoms with Crippen molar-refractivity contribution in [2.75, 3.05) is 13.0 Å². The fourth-order valence-electron chi connectivity index (χ4n) is 1.45. The number of nitrogens with zero attached hydrogens (tertiary/aromatic N) is 3. The van der Waals surface area contributed by atoms with Crippen molar-refractivity contribution in [3.8, 4) is 5.75 Å². The molecule has 96 valence electrons. The summed E-state index contributed by atoms with van der Waals surface area (Å²) in [6, 6.07) is 5.90. The molecule has 2 N–H and O–H groups in total. The first-order chi connectivity index (χ1) is 8.61. The number of methoxy groups -OCH3 is 1. The number of nitrogens with two attached hydrogens (primary N) is 1. The van der Waals surface area contributed by atoms with E-state index in [1.807, 2.05) is 25.1 Å². The summed E-state index contributed by atoms with van der Waals surface area (Å²) in [6.45, 7) is 1.82. The van der Waals surface area contributed by atoms with Crippen molar-refractivity contribution in [2.24, 2.45) is 0 Å². The monoisotopic (exact) mass is 328 g/mol. The average Bonchev–Trinajstić information content (AvgIpc) is 2.68. The quantitative estimate of drug-likeness (QED) is 0.689. The molecule has 0 aliphatic carbocycles. The first-order valence-electron chi connectivity index (χ1n) is 5.24. The van der Waals surface area contributed by atoms with Gasteiger partial charge in [0.25, 0.3) is 0 Å². The van der Waals surface area contributed by atoms with Crippen LogP contribution in [-0.4, -0.2) is 22.0 Å². The van der Waals surface area contributed by atoms with E-state index >= 15 is 0 Å². The summed E-state index contributed by atoms with van der Waals surface area (Å²) in [6.07, 6.45) is 0. The van der Waals surface area contributed by atoms with Crippen molar-refractivity contribution in [1.82, 2.24) is 14.9 Å². The van der Waals surface area contributed by atoms with Crippen LogP contribution in [0.3, 0.4) is 0 Å². The summed E-state index contributed by atoms with van der Waals surface area (Å²) >= 11 is 4.97. The van der Waals surface area contributed by atoms with Gasteiger partial charge in [-0.25, -0.2) is 4.68 Å². The molecule has 1 heterocycles. The van der Waals surface area contributed by atoms with E-state index < -0.39 is 0 Å². The van der Waals surface area contributed by atoms with Crippen LogP contribution in [0.5, 0.6) is 5.75 Å². The highest BCUT2D eigenvalue weighted by Crippen LogP contribution is 2.29. The van der Waals surface area contributed by atoms with Crippen LogP contribution < -0.4 is 10.6 Å². The van der Waals surface area contributed by atoms with E-state index in [0.29, 0.717) is 11.0 Å². The zero-order valence-corrected chi connectivity index (χ0v) is 12.5. The Morgan fingerprint density at radius 3 is 2.83 bits per heavy atom. The molecule has 1 aromatic heterocycles. The number of nitrogen functional groups attached to an aromatic ring is 1. The number of halogens is 1. The van der Waals surface area contributed by atoms with E-state index in [0.717, 1.165) is 21.5 Å². The SMILES string of the molecule is COc1ccc(Br)cc1CSc1nnc(C)n1N. The fourth-order valence-corrected chi connectivity index (χ4v) is 2.74. The van der Waals surface area contributed by atoms with Gasteiger partial charge in [-0.15, -0.1) is 10.2 Å². The lowest BCUT2D eigenvalue weighted by molar-refractivity contribution is 0.411. The molecule has 0 fully saturated rings. The Morgan fingerprint density at radius 2 is 2.22 bits per heavy atom. The van der Waals surface area contributed by atoms with Crippen molar-refractivity contribution < 1.29 is 4.74 Å². The van der Waals surface area contributed by atoms with E-state index in [2.05, 4.69) is 26.1 Å². The number of aromatic nitrogens is 3. The van der Waals surface area contributed by atoms with Crippen molar-refractivity contribution in [3.63, 3.8) is 0 Å². The fraction of sp³-hybridized carbons (Fsp3) is 0.273. The predicted octanol–water partition coefficient (Wildman–Crippen LogP) is 2.36. The van der Waals surface area contributed by atoms with Crippen LogP contribution in [-0.2, 0) is 5.75 Å². The molecule has 0 aliphatic heterocycles. The molecule has 2 aromatic rings. The van der Waals surface area contributed by atoms with Crippen molar-refractivity contribution in [3.05, 3.63) is 34.1 Å². The third-order valence-corrected chi connectivity index (χ3v) is 3.92. The van der Waals surface area contributed by atoms with Gasteiger partial charge in [0.1, 0.15) is 11.6 Å². The van der Waals surface area contributed by atoms with Gasteiger partial charge in [-0.05, 0) is 25.1 Å². The number of ether oxygens (including phenoxy) is 1. The van der Waals surface area contributed by atoms with Crippen LogP contribution in [0.15, 0.2) is 27.8 Å². The molecule has 0 unspecified atom stereocenters. The Kier molecular flexibility index (Phi) is 4.13. The second kappa shape index (κ2) is 5.62. The first kappa shape index (κ1) is 13.2. The minimum absolute atomic E-state index is 0.689. The Labute approximate surface area is 118 Å². The number of aryl methyl sites for hydroxylation is 1. The lowest BCUT2D eigenvalue weighted by atomic mass is 10.2. The highest BCUT2D eigenvalue weighted by atomic mass is 79.9. The van der Waals surface area contributed by atoms with E-state index in [1.165, 1.54) is 16.4 Å². The summed E-state index contributed by atoms with van der Waals surface area (Å²) in [7, 11) is 1.66. The molecule has 0 bridgehead atoms. The van der Waals surface area contributed by atoms with Gasteiger partial charge in [0, 0.05) is 15.8 Å². The molecule has 5 nitrogen and oxygen atoms in total. The number of hydrogen-bond donors (Lipinski definition) is 1. The molecule has 7 heteroatoms. The van der Waals surface area contributed by atoms with Crippen LogP contribution >= 0.6 is 27.7 Å². The van der Waals surface area contributed by atoms with Gasteiger partial charge in [-0.1, -0.05) is 27.7 Å². The third kappa shape index (κ3) is 2.78. The van der Waals surface area contributed by atoms with Crippen LogP contribution in [0.25, 0.3) is 0 Å². The van der Waals surface area contributed by atoms with Gasteiger partial charge in [-0.2, -0.15) is 0 Å². The maximum absolute atomic E-state index is 5.80. The molecule has 0 aliphatic rings. The minimum atomic E-state index is 0.689.